The molecule has 1 amide bonds. The normalized spacial score (nSPS) is 10.4. The summed E-state index contributed by atoms with van der Waals surface area (Å²) in [4.78, 5) is 11.2. The maximum atomic E-state index is 11.2. The average Bonchev–Trinajstić information content (AvgIpc) is 2.59. The minimum absolute atomic E-state index is 0.0971. The quantitative estimate of drug-likeness (QED) is 0.731. The Morgan fingerprint density at radius 2 is 1.83 bits per heavy atom. The molecule has 0 atom stereocenters. The fourth-order valence-electron chi connectivity index (χ4n) is 2.76. The van der Waals surface area contributed by atoms with Gasteiger partial charge in [-0.1, -0.05) is 42.5 Å². The fraction of sp³-hybridized carbons (Fsp3) is 0.150. The van der Waals surface area contributed by atoms with Crippen LogP contribution in [0.5, 0.6) is 5.75 Å². The molecule has 0 heterocycles. The average molecular weight is 320 g/mol. The first-order valence-corrected chi connectivity index (χ1v) is 7.83. The van der Waals surface area contributed by atoms with Gasteiger partial charge in [-0.05, 0) is 34.5 Å². The van der Waals surface area contributed by atoms with Crippen LogP contribution < -0.4 is 15.4 Å². The van der Waals surface area contributed by atoms with E-state index in [-0.39, 0.29) is 5.91 Å². The van der Waals surface area contributed by atoms with E-state index in [2.05, 4.69) is 41.0 Å². The van der Waals surface area contributed by atoms with Crippen LogP contribution in [0.2, 0.25) is 0 Å². The molecule has 0 unspecified atom stereocenters. The van der Waals surface area contributed by atoms with Gasteiger partial charge in [0.05, 0.1) is 12.8 Å². The summed E-state index contributed by atoms with van der Waals surface area (Å²) in [7, 11) is 1.64. The van der Waals surface area contributed by atoms with Crippen LogP contribution in [0.4, 0.5) is 11.4 Å². The molecule has 0 aromatic heterocycles. The van der Waals surface area contributed by atoms with E-state index in [1.54, 1.807) is 7.11 Å². The molecule has 3 aromatic carbocycles. The number of hydrogen-bond acceptors (Lipinski definition) is 3. The molecule has 0 aliphatic rings. The minimum atomic E-state index is -0.0971. The van der Waals surface area contributed by atoms with Crippen LogP contribution in [-0.4, -0.2) is 13.0 Å². The zero-order valence-corrected chi connectivity index (χ0v) is 13.8. The first-order chi connectivity index (χ1) is 11.7. The molecule has 0 spiro atoms. The van der Waals surface area contributed by atoms with Crippen molar-refractivity contribution in [3.63, 3.8) is 0 Å². The molecule has 4 heteroatoms. The van der Waals surface area contributed by atoms with E-state index < -0.39 is 0 Å². The number of nitrogens with one attached hydrogen (secondary N) is 2. The molecule has 0 bridgehead atoms. The summed E-state index contributed by atoms with van der Waals surface area (Å²) in [6.07, 6.45) is 0. The fourth-order valence-corrected chi connectivity index (χ4v) is 2.76. The number of amides is 1. The molecule has 0 aliphatic carbocycles. The number of fused-ring (bicyclic) bond motifs is 1. The molecule has 3 rings (SSSR count). The Morgan fingerprint density at radius 3 is 2.62 bits per heavy atom. The van der Waals surface area contributed by atoms with Gasteiger partial charge in [0.25, 0.3) is 0 Å². The molecule has 0 saturated heterocycles. The molecule has 122 valence electrons. The number of rotatable bonds is 5. The first kappa shape index (κ1) is 15.9. The smallest absolute Gasteiger partial charge is 0.221 e. The van der Waals surface area contributed by atoms with Crippen molar-refractivity contribution in [1.82, 2.24) is 0 Å². The highest BCUT2D eigenvalue weighted by Gasteiger charge is 2.07. The van der Waals surface area contributed by atoms with E-state index in [1.807, 2.05) is 30.3 Å². The van der Waals surface area contributed by atoms with Gasteiger partial charge in [-0.2, -0.15) is 0 Å². The molecular formula is C20H20N2O2. The van der Waals surface area contributed by atoms with Gasteiger partial charge in [-0.3, -0.25) is 4.79 Å². The molecule has 0 fully saturated rings. The highest BCUT2D eigenvalue weighted by atomic mass is 16.5. The third kappa shape index (κ3) is 3.49. The summed E-state index contributed by atoms with van der Waals surface area (Å²) in [5, 5.41) is 8.64. The van der Waals surface area contributed by atoms with Crippen molar-refractivity contribution in [1.29, 1.82) is 0 Å². The van der Waals surface area contributed by atoms with Crippen molar-refractivity contribution >= 4 is 28.1 Å². The zero-order chi connectivity index (χ0) is 16.9. The molecule has 4 nitrogen and oxygen atoms in total. The third-order valence-electron chi connectivity index (χ3n) is 3.87. The minimum Gasteiger partial charge on any atom is -0.495 e. The molecule has 24 heavy (non-hydrogen) atoms. The van der Waals surface area contributed by atoms with Crippen LogP contribution in [-0.2, 0) is 11.3 Å². The Morgan fingerprint density at radius 1 is 1.04 bits per heavy atom. The van der Waals surface area contributed by atoms with Crippen molar-refractivity contribution in [2.24, 2.45) is 0 Å². The molecule has 2 N–H and O–H groups in total. The van der Waals surface area contributed by atoms with Gasteiger partial charge >= 0.3 is 0 Å². The van der Waals surface area contributed by atoms with Gasteiger partial charge in [0.1, 0.15) is 5.75 Å². The van der Waals surface area contributed by atoms with Gasteiger partial charge in [0.2, 0.25) is 5.91 Å². The van der Waals surface area contributed by atoms with Crippen molar-refractivity contribution in [2.75, 3.05) is 17.7 Å². The molecule has 0 radical (unpaired) electrons. The monoisotopic (exact) mass is 320 g/mol. The topological polar surface area (TPSA) is 50.4 Å². The number of methoxy groups -OCH3 is 1. The lowest BCUT2D eigenvalue weighted by Crippen LogP contribution is -2.07. The second-order valence-electron chi connectivity index (χ2n) is 5.59. The van der Waals surface area contributed by atoms with Crippen LogP contribution in [0.3, 0.4) is 0 Å². The SMILES string of the molecule is COc1ccc(NC(C)=O)cc1NCc1cccc2ccccc12. The van der Waals surface area contributed by atoms with E-state index in [0.717, 1.165) is 17.1 Å². The maximum Gasteiger partial charge on any atom is 0.221 e. The summed E-state index contributed by atoms with van der Waals surface area (Å²) in [6.45, 7) is 2.16. The summed E-state index contributed by atoms with van der Waals surface area (Å²) >= 11 is 0. The number of carbonyl (C=O) groups excluding carboxylic acids is 1. The Hall–Kier alpha value is -3.01. The summed E-state index contributed by atoms with van der Waals surface area (Å²) in [5.41, 5.74) is 2.79. The van der Waals surface area contributed by atoms with Crippen molar-refractivity contribution < 1.29 is 9.53 Å². The predicted octanol–water partition coefficient (Wildman–Crippen LogP) is 4.42. The van der Waals surface area contributed by atoms with Gasteiger partial charge in [-0.15, -0.1) is 0 Å². The van der Waals surface area contributed by atoms with Gasteiger partial charge in [0, 0.05) is 19.2 Å². The summed E-state index contributed by atoms with van der Waals surface area (Å²) in [5.74, 6) is 0.643. The summed E-state index contributed by atoms with van der Waals surface area (Å²) in [6, 6.07) is 20.1. The molecular weight excluding hydrogens is 300 g/mol. The number of anilines is 2. The third-order valence-corrected chi connectivity index (χ3v) is 3.87. The van der Waals surface area contributed by atoms with Crippen LogP contribution in [0.1, 0.15) is 12.5 Å². The Kier molecular flexibility index (Phi) is 4.66. The molecule has 0 saturated carbocycles. The molecule has 3 aromatic rings. The lowest BCUT2D eigenvalue weighted by molar-refractivity contribution is -0.114. The van der Waals surface area contributed by atoms with E-state index >= 15 is 0 Å². The van der Waals surface area contributed by atoms with Crippen molar-refractivity contribution in [3.05, 3.63) is 66.2 Å². The van der Waals surface area contributed by atoms with Crippen LogP contribution in [0, 0.1) is 0 Å². The standard InChI is InChI=1S/C20H20N2O2/c1-14(23)22-17-10-11-20(24-2)19(12-17)21-13-16-8-5-7-15-6-3-4-9-18(15)16/h3-12,21H,13H2,1-2H3,(H,22,23). The van der Waals surface area contributed by atoms with Crippen molar-refractivity contribution in [2.45, 2.75) is 13.5 Å². The Balaban J connectivity index is 1.86. The number of ether oxygens (including phenoxy) is 1. The Labute approximate surface area is 141 Å². The lowest BCUT2D eigenvalue weighted by Gasteiger charge is -2.14. The second-order valence-corrected chi connectivity index (χ2v) is 5.59. The molecule has 0 aliphatic heterocycles. The number of carbonyl (C=O) groups is 1. The van der Waals surface area contributed by atoms with Crippen LogP contribution >= 0.6 is 0 Å². The predicted molar refractivity (Wildman–Crippen MR) is 98.6 cm³/mol. The van der Waals surface area contributed by atoms with Gasteiger partial charge in [0.15, 0.2) is 0 Å². The highest BCUT2D eigenvalue weighted by Crippen LogP contribution is 2.29. The Bertz CT molecular complexity index is 869. The lowest BCUT2D eigenvalue weighted by atomic mass is 10.0. The number of hydrogen-bond donors (Lipinski definition) is 2. The van der Waals surface area contributed by atoms with Crippen molar-refractivity contribution in [3.8, 4) is 5.75 Å². The van der Waals surface area contributed by atoms with E-state index in [9.17, 15) is 4.79 Å². The highest BCUT2D eigenvalue weighted by molar-refractivity contribution is 5.90. The maximum absolute atomic E-state index is 11.2. The summed E-state index contributed by atoms with van der Waals surface area (Å²) < 4.78 is 5.41. The van der Waals surface area contributed by atoms with E-state index in [1.165, 1.54) is 23.3 Å². The van der Waals surface area contributed by atoms with Gasteiger partial charge in [-0.25, -0.2) is 0 Å². The number of benzene rings is 3. The van der Waals surface area contributed by atoms with E-state index in [4.69, 9.17) is 4.74 Å². The van der Waals surface area contributed by atoms with E-state index in [0.29, 0.717) is 6.54 Å². The first-order valence-electron chi connectivity index (χ1n) is 7.83. The second kappa shape index (κ2) is 7.04. The van der Waals surface area contributed by atoms with Crippen LogP contribution in [0.15, 0.2) is 60.7 Å². The van der Waals surface area contributed by atoms with Crippen LogP contribution in [0.25, 0.3) is 10.8 Å². The zero-order valence-electron chi connectivity index (χ0n) is 13.8. The largest absolute Gasteiger partial charge is 0.495 e. The van der Waals surface area contributed by atoms with Gasteiger partial charge < -0.3 is 15.4 Å².